The molecule has 0 N–H and O–H groups in total. The van der Waals surface area contributed by atoms with Gasteiger partial charge in [0.15, 0.2) is 0 Å². The van der Waals surface area contributed by atoms with E-state index >= 15 is 0 Å². The maximum atomic E-state index is 9.73. The first-order valence-electron chi connectivity index (χ1n) is 35.7. The highest BCUT2D eigenvalue weighted by atomic mass is 15.2. The summed E-state index contributed by atoms with van der Waals surface area (Å²) >= 11 is 0. The second-order valence-electron chi connectivity index (χ2n) is 21.8. The van der Waals surface area contributed by atoms with E-state index in [-0.39, 0.29) is 29.1 Å². The molecule has 0 saturated heterocycles. The smallest absolute Gasteiger partial charge is 0.0645 e. The van der Waals surface area contributed by atoms with Crippen LogP contribution in [0.4, 0.5) is 28.4 Å². The van der Waals surface area contributed by atoms with E-state index in [1.807, 2.05) is 42.5 Å². The van der Waals surface area contributed by atoms with Crippen LogP contribution in [-0.4, -0.2) is 10.4 Å². The topological polar surface area (TPSA) is 10.9 Å². The number of aromatic nitrogens is 1. The second-order valence-corrected chi connectivity index (χ2v) is 21.8. The van der Waals surface area contributed by atoms with Gasteiger partial charge < -0.3 is 14.2 Å². The summed E-state index contributed by atoms with van der Waals surface area (Å²) in [5.74, 6) is -8.19. The Bertz CT molecular complexity index is 4730. The average molecular weight is 960 g/mol. The van der Waals surface area contributed by atoms with Gasteiger partial charge in [0.05, 0.1) is 39.2 Å². The van der Waals surface area contributed by atoms with Gasteiger partial charge in [-0.2, -0.15) is 0 Å². The number of benzene rings is 8. The lowest BCUT2D eigenvalue weighted by molar-refractivity contribution is 0.369. The molecule has 72 heavy (non-hydrogen) atoms. The summed E-state index contributed by atoms with van der Waals surface area (Å²) in [6.07, 6.45) is 4.20. The van der Waals surface area contributed by atoms with Crippen molar-refractivity contribution in [2.75, 3.05) is 9.80 Å². The third kappa shape index (κ3) is 6.61. The Morgan fingerprint density at radius 2 is 1.17 bits per heavy atom. The normalized spacial score (nSPS) is 24.7. The van der Waals surface area contributed by atoms with Gasteiger partial charge in [0.1, 0.15) is 0 Å². The number of fused-ring (bicyclic) bond motifs is 12. The van der Waals surface area contributed by atoms with E-state index in [1.165, 1.54) is 0 Å². The maximum absolute atomic E-state index is 9.73. The molecule has 0 fully saturated rings. The third-order valence-corrected chi connectivity index (χ3v) is 15.6. The number of hydrogen-bond acceptors (Lipinski definition) is 2. The van der Waals surface area contributed by atoms with E-state index in [4.69, 9.17) is 19.2 Å². The van der Waals surface area contributed by atoms with Crippen molar-refractivity contribution in [3.63, 3.8) is 0 Å². The average Bonchev–Trinajstić information content (AvgIpc) is 1.48. The first-order chi connectivity index (χ1) is 43.6. The molecule has 13 rings (SSSR count). The van der Waals surface area contributed by atoms with E-state index in [0.717, 1.165) is 66.1 Å². The van der Waals surface area contributed by atoms with Crippen molar-refractivity contribution in [3.05, 3.63) is 226 Å². The van der Waals surface area contributed by atoms with Crippen molar-refractivity contribution in [2.45, 2.75) is 115 Å². The second kappa shape index (κ2) is 16.2. The molecule has 0 amide bonds. The number of allylic oxidation sites excluding steroid dienone is 1. The Hall–Kier alpha value is -7.10. The van der Waals surface area contributed by atoms with Crippen molar-refractivity contribution in [2.24, 2.45) is 5.92 Å². The number of para-hydroxylation sites is 3. The lowest BCUT2D eigenvalue weighted by atomic mass is 9.72. The van der Waals surface area contributed by atoms with Crippen LogP contribution >= 0.6 is 0 Å². The Labute approximate surface area is 457 Å². The molecule has 358 valence electrons. The van der Waals surface area contributed by atoms with Crippen molar-refractivity contribution < 1.29 is 30.2 Å². The predicted octanol–water partition coefficient (Wildman–Crippen LogP) is 18.9. The van der Waals surface area contributed by atoms with Gasteiger partial charge in [-0.05, 0) is 140 Å². The molecule has 5 unspecified atom stereocenters. The zero-order valence-corrected chi connectivity index (χ0v) is 40.9. The lowest BCUT2D eigenvalue weighted by Gasteiger charge is -2.42. The van der Waals surface area contributed by atoms with E-state index in [9.17, 15) is 11.0 Å². The quantitative estimate of drug-likeness (QED) is 0.141. The summed E-state index contributed by atoms with van der Waals surface area (Å²) < 4.78 is 196. The van der Waals surface area contributed by atoms with Crippen LogP contribution in [0.15, 0.2) is 182 Å². The molecule has 5 atom stereocenters. The van der Waals surface area contributed by atoms with Gasteiger partial charge >= 0.3 is 0 Å². The third-order valence-electron chi connectivity index (χ3n) is 15.6. The first-order valence-corrected chi connectivity index (χ1v) is 24.7. The van der Waals surface area contributed by atoms with Crippen LogP contribution in [0.5, 0.6) is 0 Å². The predicted molar refractivity (Wildman–Crippen MR) is 307 cm³/mol. The minimum Gasteiger partial charge on any atom is -0.334 e. The summed E-state index contributed by atoms with van der Waals surface area (Å²) in [5.41, 5.74) is 6.72. The molecule has 0 aliphatic heterocycles. The van der Waals surface area contributed by atoms with Gasteiger partial charge in [-0.25, -0.2) is 0 Å². The monoisotopic (exact) mass is 960 g/mol. The van der Waals surface area contributed by atoms with Crippen molar-refractivity contribution in [1.29, 1.82) is 0 Å². The number of hydrogen-bond donors (Lipinski definition) is 0. The molecule has 3 aliphatic rings. The summed E-state index contributed by atoms with van der Waals surface area (Å²) in [6.45, 7) is -1.51. The molecular weight excluding hydrogens is 871 g/mol. The fourth-order valence-electron chi connectivity index (χ4n) is 12.8. The molecule has 0 spiro atoms. The molecule has 10 aromatic rings. The van der Waals surface area contributed by atoms with Crippen LogP contribution in [0.2, 0.25) is 0 Å². The molecular formula is C69H67N3. The van der Waals surface area contributed by atoms with Gasteiger partial charge in [0, 0.05) is 81.2 Å². The Morgan fingerprint density at radius 3 is 1.82 bits per heavy atom. The standard InChI is InChI=1S/C69H67N3/c1-41(2)43-27-31-47(32-28-43)70(45-19-13-11-14-20-45)58-37-35-49-53-40-60-54(39-55(53)65-61-51(62(58)64(49)65)23-17-25-56(61)68(5,6)7)50-36-38-59(63-52-24-18-26-57(69(8,9)10)66(52)72(60)67(50)63)71(46-21-15-12-16-22-46)48-33-29-44(30-34-48)42(3)4/h11-42,49,58,62,64-65H,1-10H3/i1D3,2D3,3D3,4D3,27D,28D,29D,30D,31D,32D,33D,34D,41D,42D. The molecule has 3 heteroatoms. The van der Waals surface area contributed by atoms with Crippen LogP contribution in [0.25, 0.3) is 38.1 Å². The highest BCUT2D eigenvalue weighted by Crippen LogP contribution is 2.67. The molecule has 3 nitrogen and oxygen atoms in total. The summed E-state index contributed by atoms with van der Waals surface area (Å²) in [5, 5.41) is 3.24. The zero-order chi connectivity index (χ0) is 68.3. The number of anilines is 5. The fraction of sp³-hybridized carbons (Fsp3) is 0.275. The highest BCUT2D eigenvalue weighted by Gasteiger charge is 2.56. The number of nitrogens with zero attached hydrogens (tertiary/aromatic N) is 3. The van der Waals surface area contributed by atoms with Crippen LogP contribution in [0.3, 0.4) is 0 Å². The van der Waals surface area contributed by atoms with Crippen molar-refractivity contribution in [1.82, 2.24) is 4.40 Å². The number of rotatable bonds is 8. The van der Waals surface area contributed by atoms with E-state index < -0.39 is 121 Å². The van der Waals surface area contributed by atoms with Crippen molar-refractivity contribution in [3.8, 4) is 0 Å². The van der Waals surface area contributed by atoms with E-state index in [0.29, 0.717) is 22.4 Å². The Morgan fingerprint density at radius 1 is 0.542 bits per heavy atom. The molecule has 2 heterocycles. The SMILES string of the molecule is [2H]c1c([2H])c(C([2H])(C([2H])([2H])[2H])C([2H])([2H])[2H])c([2H])c([2H])c1N(c1ccccc1)c1ccc2c3cc4c(cc3n3c5c(C(C)(C)C)cccc5c1c23)C1C=CC(N(c2ccccc2)c2c([2H])c([2H])c(C([2H])(C([2H])([2H])[2H])C([2H])([2H])[2H])c([2H])c2[2H])C2c3cccc(C(C)(C)C)c3C4C12. The van der Waals surface area contributed by atoms with Crippen LogP contribution in [0.1, 0.15) is 173 Å². The Balaban J connectivity index is 1.08. The molecule has 0 radical (unpaired) electrons. The molecule has 3 aliphatic carbocycles. The van der Waals surface area contributed by atoms with Gasteiger partial charge in [-0.15, -0.1) is 0 Å². The molecule has 0 saturated carbocycles. The summed E-state index contributed by atoms with van der Waals surface area (Å²) in [6, 6.07) is 31.1. The molecule has 0 bridgehead atoms. The molecule has 8 aromatic carbocycles. The van der Waals surface area contributed by atoms with E-state index in [1.54, 1.807) is 64.4 Å². The summed E-state index contributed by atoms with van der Waals surface area (Å²) in [7, 11) is 0. The maximum Gasteiger partial charge on any atom is 0.0645 e. The van der Waals surface area contributed by atoms with Crippen LogP contribution < -0.4 is 9.80 Å². The largest absolute Gasteiger partial charge is 0.334 e. The van der Waals surface area contributed by atoms with Gasteiger partial charge in [-0.3, -0.25) is 0 Å². The lowest BCUT2D eigenvalue weighted by Crippen LogP contribution is -2.40. The minimum absolute atomic E-state index is 0.209. The van der Waals surface area contributed by atoms with Gasteiger partial charge in [0.2, 0.25) is 0 Å². The molecule has 2 aromatic heterocycles. The van der Waals surface area contributed by atoms with Gasteiger partial charge in [0.25, 0.3) is 0 Å². The van der Waals surface area contributed by atoms with E-state index in [2.05, 4.69) is 82.4 Å². The Kier molecular flexibility index (Phi) is 6.10. The fourth-order valence-corrected chi connectivity index (χ4v) is 12.8. The minimum atomic E-state index is -3.60. The van der Waals surface area contributed by atoms with Gasteiger partial charge in [-0.1, -0.05) is 184 Å². The van der Waals surface area contributed by atoms with Crippen LogP contribution in [0, 0.1) is 5.92 Å². The highest BCUT2D eigenvalue weighted by molar-refractivity contribution is 6.28. The van der Waals surface area contributed by atoms with Crippen LogP contribution in [-0.2, 0) is 10.8 Å². The first kappa shape index (κ1) is 27.1. The summed E-state index contributed by atoms with van der Waals surface area (Å²) in [4.78, 5) is 3.36. The van der Waals surface area contributed by atoms with Crippen molar-refractivity contribution >= 4 is 66.5 Å². The zero-order valence-electron chi connectivity index (χ0n) is 62.9.